The predicted molar refractivity (Wildman–Crippen MR) is 100 cm³/mol. The zero-order valence-electron chi connectivity index (χ0n) is 15.0. The molecule has 1 aliphatic heterocycles. The summed E-state index contributed by atoms with van der Waals surface area (Å²) >= 11 is 0. The van der Waals surface area contributed by atoms with Gasteiger partial charge in [0.1, 0.15) is 0 Å². The van der Waals surface area contributed by atoms with Gasteiger partial charge < -0.3 is 10.0 Å². The maximum absolute atomic E-state index is 12.8. The van der Waals surface area contributed by atoms with Gasteiger partial charge in [0.05, 0.1) is 16.9 Å². The summed E-state index contributed by atoms with van der Waals surface area (Å²) in [7, 11) is -0.673. The highest BCUT2D eigenvalue weighted by Gasteiger charge is 2.27. The minimum atomic E-state index is -3.59. The highest BCUT2D eigenvalue weighted by atomic mass is 32.2. The number of fused-ring (bicyclic) bond motifs is 1. The second-order valence-electron chi connectivity index (χ2n) is 6.56. The molecular formula is C19H20N2O5S. The fourth-order valence-electron chi connectivity index (χ4n) is 3.07. The highest BCUT2D eigenvalue weighted by Crippen LogP contribution is 2.31. The molecule has 0 saturated carbocycles. The molecule has 7 nitrogen and oxygen atoms in total. The lowest BCUT2D eigenvalue weighted by Gasteiger charge is -2.19. The number of carboxylic acids is 1. The number of hydrogen-bond acceptors (Lipinski definition) is 4. The van der Waals surface area contributed by atoms with Crippen LogP contribution >= 0.6 is 0 Å². The molecule has 2 aromatic rings. The number of amides is 1. The Kier molecular flexibility index (Phi) is 5.03. The number of carbonyl (C=O) groups excluding carboxylic acids is 1. The van der Waals surface area contributed by atoms with Gasteiger partial charge in [-0.2, -0.15) is 0 Å². The summed E-state index contributed by atoms with van der Waals surface area (Å²) in [6, 6.07) is 11.1. The van der Waals surface area contributed by atoms with E-state index in [1.54, 1.807) is 29.2 Å². The molecule has 0 aliphatic carbocycles. The van der Waals surface area contributed by atoms with Crippen molar-refractivity contribution >= 4 is 27.6 Å². The van der Waals surface area contributed by atoms with Crippen LogP contribution in [0.5, 0.6) is 0 Å². The number of carbonyl (C=O) groups is 2. The number of rotatable bonds is 5. The summed E-state index contributed by atoms with van der Waals surface area (Å²) in [6.07, 6.45) is 0.698. The van der Waals surface area contributed by atoms with Gasteiger partial charge in [0.2, 0.25) is 15.9 Å². The van der Waals surface area contributed by atoms with Crippen LogP contribution in [0.2, 0.25) is 0 Å². The third-order valence-electron chi connectivity index (χ3n) is 4.56. The monoisotopic (exact) mass is 388 g/mol. The van der Waals surface area contributed by atoms with Gasteiger partial charge in [-0.05, 0) is 41.8 Å². The topological polar surface area (TPSA) is 95.0 Å². The van der Waals surface area contributed by atoms with Gasteiger partial charge in [-0.25, -0.2) is 17.5 Å². The van der Waals surface area contributed by atoms with Gasteiger partial charge in [0.15, 0.2) is 0 Å². The van der Waals surface area contributed by atoms with E-state index in [2.05, 4.69) is 0 Å². The predicted octanol–water partition coefficient (Wildman–Crippen LogP) is 1.77. The first kappa shape index (κ1) is 19.1. The van der Waals surface area contributed by atoms with Crippen LogP contribution in [0.15, 0.2) is 47.4 Å². The molecule has 0 spiro atoms. The molecule has 0 unspecified atom stereocenters. The van der Waals surface area contributed by atoms with Crippen LogP contribution in [0.3, 0.4) is 0 Å². The largest absolute Gasteiger partial charge is 0.478 e. The van der Waals surface area contributed by atoms with Crippen LogP contribution in [-0.2, 0) is 27.7 Å². The number of anilines is 1. The van der Waals surface area contributed by atoms with Gasteiger partial charge in [-0.15, -0.1) is 0 Å². The molecule has 2 aromatic carbocycles. The van der Waals surface area contributed by atoms with Crippen molar-refractivity contribution in [2.75, 3.05) is 25.5 Å². The zero-order chi connectivity index (χ0) is 19.8. The molecular weight excluding hydrogens is 368 g/mol. The summed E-state index contributed by atoms with van der Waals surface area (Å²) in [6.45, 7) is 0.470. The van der Waals surface area contributed by atoms with E-state index in [-0.39, 0.29) is 22.8 Å². The molecule has 1 amide bonds. The fraction of sp³-hybridized carbons (Fsp3) is 0.263. The molecule has 1 aliphatic rings. The minimum Gasteiger partial charge on any atom is -0.478 e. The van der Waals surface area contributed by atoms with Crippen molar-refractivity contribution in [2.24, 2.45) is 0 Å². The van der Waals surface area contributed by atoms with Crippen molar-refractivity contribution in [3.63, 3.8) is 0 Å². The molecule has 27 heavy (non-hydrogen) atoms. The molecule has 0 fully saturated rings. The number of benzene rings is 2. The van der Waals surface area contributed by atoms with E-state index in [4.69, 9.17) is 5.11 Å². The van der Waals surface area contributed by atoms with E-state index >= 15 is 0 Å². The van der Waals surface area contributed by atoms with E-state index in [9.17, 15) is 18.0 Å². The number of carboxylic acid groups (broad SMARTS) is 1. The Balaban J connectivity index is 1.87. The van der Waals surface area contributed by atoms with E-state index in [1.807, 2.05) is 0 Å². The summed E-state index contributed by atoms with van der Waals surface area (Å²) in [5.41, 5.74) is 2.24. The summed E-state index contributed by atoms with van der Waals surface area (Å²) < 4.78 is 25.9. The van der Waals surface area contributed by atoms with Crippen molar-refractivity contribution in [2.45, 2.75) is 17.7 Å². The lowest BCUT2D eigenvalue weighted by Crippen LogP contribution is -2.30. The maximum Gasteiger partial charge on any atom is 0.335 e. The van der Waals surface area contributed by atoms with Crippen molar-refractivity contribution in [3.05, 3.63) is 59.2 Å². The summed E-state index contributed by atoms with van der Waals surface area (Å²) in [5.74, 6) is -1.25. The molecule has 0 saturated heterocycles. The second kappa shape index (κ2) is 7.13. The Morgan fingerprint density at radius 3 is 2.56 bits per heavy atom. The Hall–Kier alpha value is -2.71. The first-order chi connectivity index (χ1) is 12.7. The smallest absolute Gasteiger partial charge is 0.335 e. The van der Waals surface area contributed by atoms with Crippen LogP contribution in [0.4, 0.5) is 5.69 Å². The summed E-state index contributed by atoms with van der Waals surface area (Å²) in [5, 5.41) is 9.08. The van der Waals surface area contributed by atoms with E-state index in [0.29, 0.717) is 24.2 Å². The normalized spacial score (nSPS) is 13.7. The first-order valence-electron chi connectivity index (χ1n) is 8.38. The summed E-state index contributed by atoms with van der Waals surface area (Å²) in [4.78, 5) is 25.6. The Morgan fingerprint density at radius 1 is 1.15 bits per heavy atom. The highest BCUT2D eigenvalue weighted by molar-refractivity contribution is 7.89. The van der Waals surface area contributed by atoms with Crippen LogP contribution in [-0.4, -0.2) is 50.3 Å². The van der Waals surface area contributed by atoms with E-state index in [0.717, 1.165) is 9.87 Å². The van der Waals surface area contributed by atoms with Crippen LogP contribution in [0.25, 0.3) is 0 Å². The van der Waals surface area contributed by atoms with Gasteiger partial charge in [0.25, 0.3) is 0 Å². The lowest BCUT2D eigenvalue weighted by molar-refractivity contribution is -0.117. The third-order valence-corrected chi connectivity index (χ3v) is 6.37. The number of aromatic carboxylic acids is 1. The van der Waals surface area contributed by atoms with Gasteiger partial charge >= 0.3 is 5.97 Å². The average molecular weight is 388 g/mol. The molecule has 142 valence electrons. The minimum absolute atomic E-state index is 0.0468. The second-order valence-corrected chi connectivity index (χ2v) is 8.71. The first-order valence-corrected chi connectivity index (χ1v) is 9.82. The lowest BCUT2D eigenvalue weighted by atomic mass is 10.1. The third kappa shape index (κ3) is 3.72. The standard InChI is InChI=1S/C19H20N2O5S/c1-20(2)27(25,26)16-7-6-14-8-9-21(17(14)12-16)18(22)11-13-4-3-5-15(10-13)19(23)24/h3-7,10,12H,8-9,11H2,1-2H3,(H,23,24). The number of sulfonamides is 1. The van der Waals surface area contributed by atoms with E-state index in [1.165, 1.54) is 32.3 Å². The van der Waals surface area contributed by atoms with Crippen LogP contribution in [0, 0.1) is 0 Å². The molecule has 8 heteroatoms. The quantitative estimate of drug-likeness (QED) is 0.842. The van der Waals surface area contributed by atoms with E-state index < -0.39 is 16.0 Å². The van der Waals surface area contributed by atoms with Crippen molar-refractivity contribution in [1.29, 1.82) is 0 Å². The number of hydrogen-bond donors (Lipinski definition) is 1. The maximum atomic E-state index is 12.8. The average Bonchev–Trinajstić information content (AvgIpc) is 3.05. The molecule has 1 N–H and O–H groups in total. The van der Waals surface area contributed by atoms with Gasteiger partial charge in [0, 0.05) is 26.3 Å². The number of nitrogens with zero attached hydrogens (tertiary/aromatic N) is 2. The molecule has 0 aromatic heterocycles. The van der Waals surface area contributed by atoms with Crippen molar-refractivity contribution in [3.8, 4) is 0 Å². The Morgan fingerprint density at radius 2 is 1.89 bits per heavy atom. The van der Waals surface area contributed by atoms with Gasteiger partial charge in [-0.3, -0.25) is 4.79 Å². The van der Waals surface area contributed by atoms with Crippen molar-refractivity contribution < 1.29 is 23.1 Å². The fourth-order valence-corrected chi connectivity index (χ4v) is 4.00. The van der Waals surface area contributed by atoms with Crippen LogP contribution in [0.1, 0.15) is 21.5 Å². The molecule has 3 rings (SSSR count). The van der Waals surface area contributed by atoms with Crippen LogP contribution < -0.4 is 4.90 Å². The van der Waals surface area contributed by atoms with Crippen molar-refractivity contribution in [1.82, 2.24) is 4.31 Å². The molecule has 0 bridgehead atoms. The Bertz CT molecular complexity index is 1010. The molecule has 0 atom stereocenters. The Labute approximate surface area is 157 Å². The van der Waals surface area contributed by atoms with Gasteiger partial charge in [-0.1, -0.05) is 18.2 Å². The molecule has 0 radical (unpaired) electrons. The SMILES string of the molecule is CN(C)S(=O)(=O)c1ccc2c(c1)N(C(=O)Cc1cccc(C(=O)O)c1)CC2. The molecule has 1 heterocycles. The zero-order valence-corrected chi connectivity index (χ0v) is 15.9.